The summed E-state index contributed by atoms with van der Waals surface area (Å²) in [5.74, 6) is 0.143. The molecule has 11 heteroatoms. The maximum absolute atomic E-state index is 13.2. The fourth-order valence-electron chi connectivity index (χ4n) is 6.38. The smallest absolute Gasteiger partial charge is 0.341 e. The Hall–Kier alpha value is -5.65. The molecule has 11 nitrogen and oxygen atoms in total. The Morgan fingerprint density at radius 1 is 0.922 bits per heavy atom. The highest BCUT2D eigenvalue weighted by Gasteiger charge is 2.21. The number of amides is 3. The first-order chi connectivity index (χ1) is 24.7. The first-order valence-electron chi connectivity index (χ1n) is 17.1. The van der Waals surface area contributed by atoms with Gasteiger partial charge in [0.15, 0.2) is 0 Å². The first-order valence-corrected chi connectivity index (χ1v) is 17.1. The lowest BCUT2D eigenvalue weighted by Gasteiger charge is -2.31. The van der Waals surface area contributed by atoms with Crippen molar-refractivity contribution in [3.05, 3.63) is 114 Å². The summed E-state index contributed by atoms with van der Waals surface area (Å²) in [4.78, 5) is 40.3. The topological polar surface area (TPSA) is 134 Å². The predicted molar refractivity (Wildman–Crippen MR) is 198 cm³/mol. The second-order valence-corrected chi connectivity index (χ2v) is 13.1. The van der Waals surface area contributed by atoms with E-state index in [4.69, 9.17) is 9.47 Å². The second kappa shape index (κ2) is 15.9. The molecule has 264 valence electrons. The van der Waals surface area contributed by atoms with E-state index in [-0.39, 0.29) is 29.9 Å². The second-order valence-electron chi connectivity index (χ2n) is 13.1. The number of rotatable bonds is 11. The lowest BCUT2D eigenvalue weighted by Crippen LogP contribution is -2.36. The van der Waals surface area contributed by atoms with Crippen molar-refractivity contribution in [2.24, 2.45) is 5.92 Å². The minimum Gasteiger partial charge on any atom is -0.465 e. The number of fused-ring (bicyclic) bond motifs is 1. The number of nitrogens with zero attached hydrogens (tertiary/aromatic N) is 2. The van der Waals surface area contributed by atoms with Gasteiger partial charge >= 0.3 is 12.0 Å². The summed E-state index contributed by atoms with van der Waals surface area (Å²) < 4.78 is 13.1. The first kappa shape index (κ1) is 35.2. The maximum Gasteiger partial charge on any atom is 0.341 e. The van der Waals surface area contributed by atoms with Crippen LogP contribution in [0.15, 0.2) is 97.2 Å². The lowest BCUT2D eigenvalue weighted by atomic mass is 9.98. The summed E-state index contributed by atoms with van der Waals surface area (Å²) in [6.07, 6.45) is 4.35. The minimum absolute atomic E-state index is 0.0522. The number of anilines is 2. The van der Waals surface area contributed by atoms with E-state index in [0.29, 0.717) is 28.6 Å². The SMILES string of the molecule is COC(=O)c1cc(NC(=O)NC(C)C)ccc1Oc1ccc(NC(=O)c2ccc(-n3cc(CN4CCCC(CO)C4)c4ccccc43)cc2)cc1. The number of aliphatic hydroxyl groups is 1. The molecular weight excluding hydrogens is 646 g/mol. The average molecular weight is 690 g/mol. The molecule has 5 aromatic rings. The van der Waals surface area contributed by atoms with Crippen LogP contribution in [-0.4, -0.2) is 65.3 Å². The zero-order valence-electron chi connectivity index (χ0n) is 29.0. The molecule has 0 bridgehead atoms. The Bertz CT molecular complexity index is 2000. The van der Waals surface area contributed by atoms with Crippen molar-refractivity contribution >= 4 is 40.2 Å². The number of ether oxygens (including phenoxy) is 2. The van der Waals surface area contributed by atoms with Crippen molar-refractivity contribution in [1.29, 1.82) is 0 Å². The molecule has 1 unspecified atom stereocenters. The number of nitrogens with one attached hydrogen (secondary N) is 3. The molecule has 0 saturated carbocycles. The lowest BCUT2D eigenvalue weighted by molar-refractivity contribution is 0.0597. The molecule has 0 spiro atoms. The van der Waals surface area contributed by atoms with Crippen LogP contribution in [0.2, 0.25) is 0 Å². The van der Waals surface area contributed by atoms with Gasteiger partial charge < -0.3 is 35.1 Å². The van der Waals surface area contributed by atoms with Crippen LogP contribution in [-0.2, 0) is 11.3 Å². The van der Waals surface area contributed by atoms with Gasteiger partial charge in [0.1, 0.15) is 17.1 Å². The van der Waals surface area contributed by atoms with Gasteiger partial charge in [0.25, 0.3) is 5.91 Å². The minimum atomic E-state index is -0.618. The molecule has 2 heterocycles. The van der Waals surface area contributed by atoms with Crippen molar-refractivity contribution in [3.8, 4) is 17.2 Å². The highest BCUT2D eigenvalue weighted by Crippen LogP contribution is 2.31. The van der Waals surface area contributed by atoms with Gasteiger partial charge in [-0.3, -0.25) is 9.69 Å². The summed E-state index contributed by atoms with van der Waals surface area (Å²) in [5.41, 5.74) is 4.92. The Morgan fingerprint density at radius 3 is 2.39 bits per heavy atom. The van der Waals surface area contributed by atoms with Crippen LogP contribution in [0.5, 0.6) is 11.5 Å². The summed E-state index contributed by atoms with van der Waals surface area (Å²) in [5, 5.41) is 19.2. The summed E-state index contributed by atoms with van der Waals surface area (Å²) in [6, 6.07) is 26.9. The number of carbonyl (C=O) groups excluding carboxylic acids is 3. The van der Waals surface area contributed by atoms with E-state index in [1.54, 1.807) is 36.4 Å². The number of para-hydroxylation sites is 1. The standard InChI is InChI=1S/C40H43N5O6/c1-26(2)41-40(49)43-31-14-19-37(35(21-31)39(48)50-3)51-33-17-12-30(13-18-33)42-38(47)28-10-15-32(16-11-28)45-24-29(34-8-4-5-9-36(34)45)23-44-20-6-7-27(22-44)25-46/h4-5,8-19,21,24,26-27,46H,6-7,20,22-23,25H2,1-3H3,(H,42,47)(H2,41,43,49). The van der Waals surface area contributed by atoms with Crippen molar-refractivity contribution in [3.63, 3.8) is 0 Å². The number of aliphatic hydroxyl groups excluding tert-OH is 1. The van der Waals surface area contributed by atoms with E-state index in [0.717, 1.165) is 43.7 Å². The number of likely N-dealkylation sites (tertiary alicyclic amines) is 1. The van der Waals surface area contributed by atoms with Crippen LogP contribution in [0.4, 0.5) is 16.2 Å². The van der Waals surface area contributed by atoms with Gasteiger partial charge in [0.2, 0.25) is 0 Å². The van der Waals surface area contributed by atoms with Crippen LogP contribution >= 0.6 is 0 Å². The van der Waals surface area contributed by atoms with Crippen LogP contribution in [0.3, 0.4) is 0 Å². The molecule has 0 radical (unpaired) electrons. The summed E-state index contributed by atoms with van der Waals surface area (Å²) >= 11 is 0. The number of hydrogen-bond donors (Lipinski definition) is 4. The van der Waals surface area contributed by atoms with Gasteiger partial charge in [0, 0.05) is 59.9 Å². The van der Waals surface area contributed by atoms with Gasteiger partial charge in [-0.05, 0) is 118 Å². The fraction of sp³-hybridized carbons (Fsp3) is 0.275. The van der Waals surface area contributed by atoms with E-state index in [9.17, 15) is 19.5 Å². The van der Waals surface area contributed by atoms with Crippen LogP contribution in [0.1, 0.15) is 53.0 Å². The molecule has 1 aliphatic rings. The van der Waals surface area contributed by atoms with Crippen LogP contribution in [0, 0.1) is 5.92 Å². The Balaban J connectivity index is 1.11. The van der Waals surface area contributed by atoms with E-state index < -0.39 is 12.0 Å². The Kier molecular flexibility index (Phi) is 11.0. The van der Waals surface area contributed by atoms with Crippen molar-refractivity contribution in [2.45, 2.75) is 39.3 Å². The number of esters is 1. The average Bonchev–Trinajstić information content (AvgIpc) is 3.50. The molecule has 1 saturated heterocycles. The zero-order chi connectivity index (χ0) is 35.9. The molecule has 51 heavy (non-hydrogen) atoms. The monoisotopic (exact) mass is 689 g/mol. The maximum atomic E-state index is 13.2. The predicted octanol–water partition coefficient (Wildman–Crippen LogP) is 7.20. The highest BCUT2D eigenvalue weighted by atomic mass is 16.5. The Labute approximate surface area is 297 Å². The van der Waals surface area contributed by atoms with E-state index in [1.165, 1.54) is 24.1 Å². The molecule has 4 N–H and O–H groups in total. The Morgan fingerprint density at radius 2 is 1.67 bits per heavy atom. The number of aromatic nitrogens is 1. The number of methoxy groups -OCH3 is 1. The third-order valence-electron chi connectivity index (χ3n) is 8.86. The van der Waals surface area contributed by atoms with Crippen LogP contribution in [0.25, 0.3) is 16.6 Å². The van der Waals surface area contributed by atoms with E-state index in [1.807, 2.05) is 44.2 Å². The van der Waals surface area contributed by atoms with Gasteiger partial charge in [-0.2, -0.15) is 0 Å². The van der Waals surface area contributed by atoms with Gasteiger partial charge in [-0.25, -0.2) is 9.59 Å². The highest BCUT2D eigenvalue weighted by molar-refractivity contribution is 6.04. The van der Waals surface area contributed by atoms with Gasteiger partial charge in [-0.1, -0.05) is 18.2 Å². The summed E-state index contributed by atoms with van der Waals surface area (Å²) in [6.45, 7) is 6.67. The fourth-order valence-corrected chi connectivity index (χ4v) is 6.38. The summed E-state index contributed by atoms with van der Waals surface area (Å²) in [7, 11) is 1.27. The van der Waals surface area contributed by atoms with E-state index in [2.05, 4.69) is 49.8 Å². The van der Waals surface area contributed by atoms with Crippen molar-refractivity contribution in [1.82, 2.24) is 14.8 Å². The molecule has 1 atom stereocenters. The number of hydrogen-bond acceptors (Lipinski definition) is 7. The van der Waals surface area contributed by atoms with E-state index >= 15 is 0 Å². The number of urea groups is 1. The van der Waals surface area contributed by atoms with Crippen molar-refractivity contribution in [2.75, 3.05) is 37.4 Å². The van der Waals surface area contributed by atoms with Gasteiger partial charge in [0.05, 0.1) is 12.6 Å². The zero-order valence-corrected chi connectivity index (χ0v) is 29.0. The molecule has 1 aliphatic heterocycles. The molecule has 1 aromatic heterocycles. The molecule has 1 fully saturated rings. The van der Waals surface area contributed by atoms with Crippen molar-refractivity contribution < 1.29 is 29.0 Å². The molecule has 6 rings (SSSR count). The quantitative estimate of drug-likeness (QED) is 0.108. The third kappa shape index (κ3) is 8.57. The largest absolute Gasteiger partial charge is 0.465 e. The molecule has 4 aromatic carbocycles. The molecule has 3 amide bonds. The van der Waals surface area contributed by atoms with Gasteiger partial charge in [-0.15, -0.1) is 0 Å². The number of benzene rings is 4. The number of carbonyl (C=O) groups is 3. The normalized spacial score (nSPS) is 14.6. The molecule has 0 aliphatic carbocycles. The number of piperidine rings is 1. The third-order valence-corrected chi connectivity index (χ3v) is 8.86. The van der Waals surface area contributed by atoms with Crippen LogP contribution < -0.4 is 20.7 Å². The molecular formula is C40H43N5O6.